The average Bonchev–Trinajstić information content (AvgIpc) is 2.54. The molecule has 2 unspecified atom stereocenters. The van der Waals surface area contributed by atoms with Crippen molar-refractivity contribution in [2.24, 2.45) is 0 Å². The van der Waals surface area contributed by atoms with Gasteiger partial charge in [0.15, 0.2) is 0 Å². The summed E-state index contributed by atoms with van der Waals surface area (Å²) >= 11 is 0. The lowest BCUT2D eigenvalue weighted by Crippen LogP contribution is -2.29. The molecule has 0 aromatic carbocycles. The molecule has 0 aliphatic carbocycles. The van der Waals surface area contributed by atoms with E-state index < -0.39 is 0 Å². The molecule has 0 amide bonds. The number of hydrogen-bond acceptors (Lipinski definition) is 2. The van der Waals surface area contributed by atoms with Crippen LogP contribution in [0.25, 0.3) is 0 Å². The van der Waals surface area contributed by atoms with Gasteiger partial charge in [0.1, 0.15) is 0 Å². The van der Waals surface area contributed by atoms with Crippen LogP contribution in [0.2, 0.25) is 0 Å². The van der Waals surface area contributed by atoms with Gasteiger partial charge in [-0.2, -0.15) is 5.10 Å². The summed E-state index contributed by atoms with van der Waals surface area (Å²) in [6.07, 6.45) is 2.32. The van der Waals surface area contributed by atoms with Crippen LogP contribution in [0, 0.1) is 13.8 Å². The van der Waals surface area contributed by atoms with Crippen LogP contribution in [0.5, 0.6) is 0 Å². The lowest BCUT2D eigenvalue weighted by Gasteiger charge is -2.20. The molecule has 2 atom stereocenters. The van der Waals surface area contributed by atoms with Crippen LogP contribution in [0.4, 0.5) is 0 Å². The summed E-state index contributed by atoms with van der Waals surface area (Å²) in [5.74, 6) is 0. The fraction of sp³-hybridized carbons (Fsp3) is 0.769. The van der Waals surface area contributed by atoms with Crippen molar-refractivity contribution in [3.8, 4) is 0 Å². The summed E-state index contributed by atoms with van der Waals surface area (Å²) in [6.45, 7) is 12.0. The van der Waals surface area contributed by atoms with Gasteiger partial charge >= 0.3 is 0 Å². The third kappa shape index (κ3) is 3.63. The Bertz CT molecular complexity index is 317. The Morgan fingerprint density at radius 3 is 2.56 bits per heavy atom. The number of nitrogens with zero attached hydrogens (tertiary/aromatic N) is 2. The maximum absolute atomic E-state index is 4.53. The van der Waals surface area contributed by atoms with Crippen molar-refractivity contribution in [2.75, 3.05) is 6.54 Å². The highest BCUT2D eigenvalue weighted by atomic mass is 15.3. The Morgan fingerprint density at radius 1 is 1.38 bits per heavy atom. The van der Waals surface area contributed by atoms with Crippen LogP contribution in [0.3, 0.4) is 0 Å². The second-order valence-corrected chi connectivity index (χ2v) is 4.81. The van der Waals surface area contributed by atoms with E-state index in [0.29, 0.717) is 12.1 Å². The molecule has 0 saturated carbocycles. The number of nitrogens with one attached hydrogen (secondary N) is 1. The van der Waals surface area contributed by atoms with Gasteiger partial charge in [-0.1, -0.05) is 6.92 Å². The van der Waals surface area contributed by atoms with Gasteiger partial charge < -0.3 is 5.32 Å². The van der Waals surface area contributed by atoms with Crippen LogP contribution in [-0.2, 0) is 0 Å². The van der Waals surface area contributed by atoms with Crippen LogP contribution in [0.1, 0.15) is 51.0 Å². The lowest BCUT2D eigenvalue weighted by atomic mass is 10.1. The molecule has 0 spiro atoms. The predicted octanol–water partition coefficient (Wildman–Crippen LogP) is 2.84. The highest BCUT2D eigenvalue weighted by Crippen LogP contribution is 2.15. The standard InChI is InChI=1S/C13H25N3/c1-6-7-14-10(2)8-12(4)16-13(5)9-11(3)15-16/h9-10,12,14H,6-8H2,1-5H3. The molecular weight excluding hydrogens is 198 g/mol. The van der Waals surface area contributed by atoms with Crippen molar-refractivity contribution < 1.29 is 0 Å². The van der Waals surface area contributed by atoms with E-state index in [1.165, 1.54) is 12.1 Å². The Labute approximate surface area is 99.2 Å². The Morgan fingerprint density at radius 2 is 2.06 bits per heavy atom. The van der Waals surface area contributed by atoms with Crippen LogP contribution >= 0.6 is 0 Å². The molecule has 0 radical (unpaired) electrons. The van der Waals surface area contributed by atoms with Gasteiger partial charge in [-0.15, -0.1) is 0 Å². The van der Waals surface area contributed by atoms with Gasteiger partial charge in [-0.3, -0.25) is 4.68 Å². The van der Waals surface area contributed by atoms with E-state index in [4.69, 9.17) is 0 Å². The minimum absolute atomic E-state index is 0.466. The summed E-state index contributed by atoms with van der Waals surface area (Å²) in [6, 6.07) is 3.16. The first kappa shape index (κ1) is 13.2. The van der Waals surface area contributed by atoms with Gasteiger partial charge in [-0.25, -0.2) is 0 Å². The molecule has 16 heavy (non-hydrogen) atoms. The Kier molecular flexibility index (Phi) is 5.00. The number of aryl methyl sites for hydroxylation is 2. The molecule has 1 N–H and O–H groups in total. The van der Waals surface area contributed by atoms with E-state index in [1.54, 1.807) is 0 Å². The van der Waals surface area contributed by atoms with E-state index in [1.807, 2.05) is 0 Å². The van der Waals surface area contributed by atoms with Crippen molar-refractivity contribution in [1.82, 2.24) is 15.1 Å². The molecule has 1 aromatic heterocycles. The fourth-order valence-corrected chi connectivity index (χ4v) is 2.18. The normalized spacial score (nSPS) is 15.1. The minimum atomic E-state index is 0.466. The number of rotatable bonds is 6. The summed E-state index contributed by atoms with van der Waals surface area (Å²) in [5, 5.41) is 8.05. The van der Waals surface area contributed by atoms with Gasteiger partial charge in [0.2, 0.25) is 0 Å². The molecule has 1 aromatic rings. The van der Waals surface area contributed by atoms with Crippen molar-refractivity contribution in [2.45, 2.75) is 59.5 Å². The van der Waals surface area contributed by atoms with Crippen molar-refractivity contribution in [3.05, 3.63) is 17.5 Å². The summed E-state index contributed by atoms with van der Waals surface area (Å²) in [4.78, 5) is 0. The molecule has 3 nitrogen and oxygen atoms in total. The summed E-state index contributed by atoms with van der Waals surface area (Å²) < 4.78 is 2.14. The maximum atomic E-state index is 4.53. The molecular formula is C13H25N3. The third-order valence-electron chi connectivity index (χ3n) is 2.90. The SMILES string of the molecule is CCCNC(C)CC(C)n1nc(C)cc1C. The molecule has 0 fully saturated rings. The highest BCUT2D eigenvalue weighted by Gasteiger charge is 2.12. The third-order valence-corrected chi connectivity index (χ3v) is 2.90. The van der Waals surface area contributed by atoms with Crippen LogP contribution in [0.15, 0.2) is 6.07 Å². The predicted molar refractivity (Wildman–Crippen MR) is 68.8 cm³/mol. The average molecular weight is 223 g/mol. The molecule has 1 heterocycles. The quantitative estimate of drug-likeness (QED) is 0.803. The van der Waals surface area contributed by atoms with Gasteiger partial charge in [0.05, 0.1) is 11.7 Å². The lowest BCUT2D eigenvalue weighted by molar-refractivity contribution is 0.383. The van der Waals surface area contributed by atoms with E-state index in [0.717, 1.165) is 18.7 Å². The molecule has 3 heteroatoms. The van der Waals surface area contributed by atoms with Crippen molar-refractivity contribution in [1.29, 1.82) is 0 Å². The van der Waals surface area contributed by atoms with Crippen molar-refractivity contribution >= 4 is 0 Å². The fourth-order valence-electron chi connectivity index (χ4n) is 2.18. The van der Waals surface area contributed by atoms with Gasteiger partial charge in [0, 0.05) is 11.7 Å². The number of aromatic nitrogens is 2. The minimum Gasteiger partial charge on any atom is -0.314 e. The zero-order valence-electron chi connectivity index (χ0n) is 11.2. The smallest absolute Gasteiger partial charge is 0.0596 e. The Hall–Kier alpha value is -0.830. The zero-order chi connectivity index (χ0) is 12.1. The molecule has 92 valence electrons. The van der Waals surface area contributed by atoms with Gasteiger partial charge in [-0.05, 0) is 53.1 Å². The van der Waals surface area contributed by atoms with E-state index >= 15 is 0 Å². The van der Waals surface area contributed by atoms with Gasteiger partial charge in [0.25, 0.3) is 0 Å². The van der Waals surface area contributed by atoms with E-state index in [-0.39, 0.29) is 0 Å². The molecule has 0 aliphatic rings. The second-order valence-electron chi connectivity index (χ2n) is 4.81. The molecule has 1 rings (SSSR count). The monoisotopic (exact) mass is 223 g/mol. The largest absolute Gasteiger partial charge is 0.314 e. The molecule has 0 saturated heterocycles. The second kappa shape index (κ2) is 6.04. The molecule has 0 aliphatic heterocycles. The first-order valence-corrected chi connectivity index (χ1v) is 6.30. The molecule has 0 bridgehead atoms. The summed E-state index contributed by atoms with van der Waals surface area (Å²) in [5.41, 5.74) is 2.37. The van der Waals surface area contributed by atoms with Crippen LogP contribution in [-0.4, -0.2) is 22.4 Å². The Balaban J connectivity index is 2.51. The van der Waals surface area contributed by atoms with Crippen molar-refractivity contribution in [3.63, 3.8) is 0 Å². The zero-order valence-corrected chi connectivity index (χ0v) is 11.2. The maximum Gasteiger partial charge on any atom is 0.0596 e. The topological polar surface area (TPSA) is 29.9 Å². The van der Waals surface area contributed by atoms with E-state index in [2.05, 4.69) is 55.8 Å². The summed E-state index contributed by atoms with van der Waals surface area (Å²) in [7, 11) is 0. The first-order chi connectivity index (χ1) is 7.54. The van der Waals surface area contributed by atoms with Crippen LogP contribution < -0.4 is 5.32 Å². The highest BCUT2D eigenvalue weighted by molar-refractivity contribution is 5.07. The number of hydrogen-bond donors (Lipinski definition) is 1. The van der Waals surface area contributed by atoms with E-state index in [9.17, 15) is 0 Å². The first-order valence-electron chi connectivity index (χ1n) is 6.30.